The molecular formula is C19H22N2O4S. The number of methoxy groups -OCH3 is 1. The molecule has 2 N–H and O–H groups in total. The van der Waals surface area contributed by atoms with Gasteiger partial charge in [0.15, 0.2) is 0 Å². The van der Waals surface area contributed by atoms with Crippen molar-refractivity contribution in [1.29, 1.82) is 0 Å². The largest absolute Gasteiger partial charge is 0.465 e. The minimum atomic E-state index is -0.588. The van der Waals surface area contributed by atoms with Crippen LogP contribution in [-0.2, 0) is 4.74 Å². The smallest absolute Gasteiger partial charge is 0.341 e. The highest BCUT2D eigenvalue weighted by Gasteiger charge is 2.26. The third kappa shape index (κ3) is 4.49. The third-order valence-electron chi connectivity index (χ3n) is 3.82. The lowest BCUT2D eigenvalue weighted by Crippen LogP contribution is -2.24. The van der Waals surface area contributed by atoms with Crippen LogP contribution in [0.25, 0.3) is 0 Å². The number of ether oxygens (including phenoxy) is 1. The molecule has 7 heteroatoms. The van der Waals surface area contributed by atoms with Crippen LogP contribution in [0.2, 0.25) is 0 Å². The maximum atomic E-state index is 12.4. The lowest BCUT2D eigenvalue weighted by molar-refractivity contribution is 0.0601. The normalized spacial score (nSPS) is 10.3. The van der Waals surface area contributed by atoms with E-state index in [-0.39, 0.29) is 17.4 Å². The van der Waals surface area contributed by atoms with E-state index in [0.717, 1.165) is 24.2 Å². The molecule has 0 spiro atoms. The number of hydrogen-bond donors (Lipinski definition) is 2. The first-order valence-electron chi connectivity index (χ1n) is 8.35. The number of esters is 1. The molecule has 0 saturated heterocycles. The molecule has 2 rings (SSSR count). The van der Waals surface area contributed by atoms with Crippen LogP contribution >= 0.6 is 11.3 Å². The van der Waals surface area contributed by atoms with Gasteiger partial charge in [-0.3, -0.25) is 9.59 Å². The number of rotatable bonds is 7. The summed E-state index contributed by atoms with van der Waals surface area (Å²) in [6, 6.07) is 8.66. The second kappa shape index (κ2) is 9.15. The van der Waals surface area contributed by atoms with Crippen LogP contribution in [0.15, 0.2) is 30.3 Å². The van der Waals surface area contributed by atoms with Crippen LogP contribution in [-0.4, -0.2) is 31.4 Å². The molecule has 0 unspecified atom stereocenters. The number of benzene rings is 1. The first-order chi connectivity index (χ1) is 12.5. The first kappa shape index (κ1) is 19.7. The SMILES string of the molecule is CCCCNC(=O)c1sc(NC(=O)c2ccccc2)c(C(=O)OC)c1C. The van der Waals surface area contributed by atoms with Crippen LogP contribution in [0.5, 0.6) is 0 Å². The molecule has 0 radical (unpaired) electrons. The van der Waals surface area contributed by atoms with E-state index in [1.165, 1.54) is 7.11 Å². The lowest BCUT2D eigenvalue weighted by atomic mass is 10.1. The Bertz CT molecular complexity index is 799. The van der Waals surface area contributed by atoms with Gasteiger partial charge in [-0.05, 0) is 31.0 Å². The van der Waals surface area contributed by atoms with Crippen molar-refractivity contribution in [1.82, 2.24) is 5.32 Å². The molecule has 0 aliphatic heterocycles. The van der Waals surface area contributed by atoms with Gasteiger partial charge >= 0.3 is 5.97 Å². The minimum absolute atomic E-state index is 0.211. The minimum Gasteiger partial charge on any atom is -0.465 e. The molecule has 0 bridgehead atoms. The van der Waals surface area contributed by atoms with Crippen molar-refractivity contribution in [3.05, 3.63) is 51.9 Å². The molecule has 0 fully saturated rings. The summed E-state index contributed by atoms with van der Waals surface area (Å²) in [5, 5.41) is 5.86. The fourth-order valence-electron chi connectivity index (χ4n) is 2.39. The summed E-state index contributed by atoms with van der Waals surface area (Å²) in [6.45, 7) is 4.27. The van der Waals surface area contributed by atoms with Gasteiger partial charge in [0.25, 0.3) is 11.8 Å². The van der Waals surface area contributed by atoms with Crippen molar-refractivity contribution in [2.75, 3.05) is 19.0 Å². The second-order valence-corrected chi connectivity index (χ2v) is 6.70. The van der Waals surface area contributed by atoms with E-state index in [4.69, 9.17) is 4.74 Å². The van der Waals surface area contributed by atoms with Crippen LogP contribution in [0.4, 0.5) is 5.00 Å². The Morgan fingerprint density at radius 3 is 2.42 bits per heavy atom. The van der Waals surface area contributed by atoms with Crippen molar-refractivity contribution >= 4 is 34.1 Å². The molecule has 2 aromatic rings. The number of nitrogens with one attached hydrogen (secondary N) is 2. The average Bonchev–Trinajstić information content (AvgIpc) is 2.98. The van der Waals surface area contributed by atoms with Gasteiger partial charge in [-0.1, -0.05) is 31.5 Å². The number of carbonyl (C=O) groups excluding carboxylic acids is 3. The van der Waals surface area contributed by atoms with Crippen molar-refractivity contribution < 1.29 is 19.1 Å². The molecule has 0 aliphatic carbocycles. The molecule has 2 amide bonds. The summed E-state index contributed by atoms with van der Waals surface area (Å²) in [5.41, 5.74) is 1.17. The standard InChI is InChI=1S/C19H22N2O4S/c1-4-5-11-20-17(23)15-12(2)14(19(24)25-3)18(26-15)21-16(22)13-9-7-6-8-10-13/h6-10H,4-5,11H2,1-3H3,(H,20,23)(H,21,22). The number of thiophene rings is 1. The molecule has 1 heterocycles. The monoisotopic (exact) mass is 374 g/mol. The predicted octanol–water partition coefficient (Wildman–Crippen LogP) is 3.63. The Morgan fingerprint density at radius 2 is 1.81 bits per heavy atom. The van der Waals surface area contributed by atoms with Crippen molar-refractivity contribution in [2.45, 2.75) is 26.7 Å². The summed E-state index contributed by atoms with van der Waals surface area (Å²) in [5.74, 6) is -1.20. The van der Waals surface area contributed by atoms with E-state index in [2.05, 4.69) is 10.6 Å². The fourth-order valence-corrected chi connectivity index (χ4v) is 3.50. The average molecular weight is 374 g/mol. The van der Waals surface area contributed by atoms with E-state index < -0.39 is 5.97 Å². The van der Waals surface area contributed by atoms with E-state index in [1.807, 2.05) is 13.0 Å². The first-order valence-corrected chi connectivity index (χ1v) is 9.17. The molecule has 6 nitrogen and oxygen atoms in total. The second-order valence-electron chi connectivity index (χ2n) is 5.68. The quantitative estimate of drug-likeness (QED) is 0.573. The highest BCUT2D eigenvalue weighted by atomic mass is 32.1. The number of anilines is 1. The van der Waals surface area contributed by atoms with Crippen LogP contribution in [0, 0.1) is 6.92 Å². The van der Waals surface area contributed by atoms with E-state index in [1.54, 1.807) is 31.2 Å². The number of carbonyl (C=O) groups is 3. The topological polar surface area (TPSA) is 84.5 Å². The summed E-state index contributed by atoms with van der Waals surface area (Å²) in [4.78, 5) is 37.4. The lowest BCUT2D eigenvalue weighted by Gasteiger charge is -2.06. The Kier molecular flexibility index (Phi) is 6.91. The van der Waals surface area contributed by atoms with Gasteiger partial charge < -0.3 is 15.4 Å². The van der Waals surface area contributed by atoms with Gasteiger partial charge in [0.05, 0.1) is 17.6 Å². The molecule has 1 aromatic heterocycles. The molecule has 0 atom stereocenters. The summed E-state index contributed by atoms with van der Waals surface area (Å²) in [6.07, 6.45) is 1.84. The van der Waals surface area contributed by atoms with Crippen molar-refractivity contribution in [3.8, 4) is 0 Å². The zero-order valence-corrected chi connectivity index (χ0v) is 15.9. The maximum Gasteiger partial charge on any atom is 0.341 e. The molecule has 0 saturated carbocycles. The molecule has 0 aliphatic rings. The van der Waals surface area contributed by atoms with Gasteiger partial charge in [0, 0.05) is 12.1 Å². The zero-order chi connectivity index (χ0) is 19.1. The number of hydrogen-bond acceptors (Lipinski definition) is 5. The Labute approximate surface area is 156 Å². The maximum absolute atomic E-state index is 12.4. The van der Waals surface area contributed by atoms with Crippen LogP contribution in [0.3, 0.4) is 0 Å². The van der Waals surface area contributed by atoms with E-state index >= 15 is 0 Å². The zero-order valence-electron chi connectivity index (χ0n) is 15.0. The summed E-state index contributed by atoms with van der Waals surface area (Å²) >= 11 is 1.07. The molecule has 138 valence electrons. The number of amides is 2. The molecule has 1 aromatic carbocycles. The summed E-state index contributed by atoms with van der Waals surface area (Å²) in [7, 11) is 1.27. The predicted molar refractivity (Wildman–Crippen MR) is 102 cm³/mol. The Balaban J connectivity index is 2.32. The van der Waals surface area contributed by atoms with Gasteiger partial charge in [-0.15, -0.1) is 11.3 Å². The van der Waals surface area contributed by atoms with Crippen LogP contribution < -0.4 is 10.6 Å². The van der Waals surface area contributed by atoms with Gasteiger partial charge in [0.1, 0.15) is 5.00 Å². The highest BCUT2D eigenvalue weighted by molar-refractivity contribution is 7.18. The van der Waals surface area contributed by atoms with Crippen LogP contribution in [0.1, 0.15) is 55.7 Å². The fraction of sp³-hybridized carbons (Fsp3) is 0.316. The van der Waals surface area contributed by atoms with Gasteiger partial charge in [-0.25, -0.2) is 4.79 Å². The Morgan fingerprint density at radius 1 is 1.12 bits per heavy atom. The third-order valence-corrected chi connectivity index (χ3v) is 5.03. The van der Waals surface area contributed by atoms with E-state index in [9.17, 15) is 14.4 Å². The van der Waals surface area contributed by atoms with Crippen molar-refractivity contribution in [3.63, 3.8) is 0 Å². The Hall–Kier alpha value is -2.67. The molecule has 26 heavy (non-hydrogen) atoms. The van der Waals surface area contributed by atoms with Crippen molar-refractivity contribution in [2.24, 2.45) is 0 Å². The summed E-state index contributed by atoms with van der Waals surface area (Å²) < 4.78 is 4.82. The van der Waals surface area contributed by atoms with Gasteiger partial charge in [-0.2, -0.15) is 0 Å². The highest BCUT2D eigenvalue weighted by Crippen LogP contribution is 2.34. The molecular weight excluding hydrogens is 352 g/mol. The van der Waals surface area contributed by atoms with E-state index in [0.29, 0.717) is 27.5 Å². The number of unbranched alkanes of at least 4 members (excludes halogenated alkanes) is 1. The van der Waals surface area contributed by atoms with Gasteiger partial charge in [0.2, 0.25) is 0 Å².